The highest BCUT2D eigenvalue weighted by Gasteiger charge is 2.32. The van der Waals surface area contributed by atoms with E-state index in [1.54, 1.807) is 24.3 Å². The molecule has 2 rings (SSSR count). The number of benzene rings is 1. The largest absolute Gasteiger partial charge is 0.497 e. The van der Waals surface area contributed by atoms with Crippen molar-refractivity contribution >= 4 is 23.4 Å². The molecule has 0 radical (unpaired) electrons. The molecule has 0 fully saturated rings. The van der Waals surface area contributed by atoms with Gasteiger partial charge in [0, 0.05) is 18.0 Å². The van der Waals surface area contributed by atoms with Gasteiger partial charge in [-0.25, -0.2) is 9.97 Å². The second kappa shape index (κ2) is 7.32. The molecule has 23 heavy (non-hydrogen) atoms. The summed E-state index contributed by atoms with van der Waals surface area (Å²) in [4.78, 5) is 18.9. The minimum absolute atomic E-state index is 0.111. The molecule has 0 spiro atoms. The van der Waals surface area contributed by atoms with E-state index in [-0.39, 0.29) is 16.8 Å². The number of hydrogen-bond donors (Lipinski definition) is 1. The van der Waals surface area contributed by atoms with E-state index in [0.29, 0.717) is 11.4 Å². The number of rotatable bonds is 5. The Balaban J connectivity index is 1.94. The van der Waals surface area contributed by atoms with Gasteiger partial charge in [0.05, 0.1) is 12.9 Å². The van der Waals surface area contributed by atoms with Crippen molar-refractivity contribution in [2.24, 2.45) is 0 Å². The summed E-state index contributed by atoms with van der Waals surface area (Å²) in [5.74, 6) is 0.0827. The number of carbonyl (C=O) groups is 1. The van der Waals surface area contributed by atoms with Crippen molar-refractivity contribution in [1.29, 1.82) is 0 Å². The fourth-order valence-electron chi connectivity index (χ4n) is 1.60. The number of aromatic nitrogens is 2. The minimum Gasteiger partial charge on any atom is -0.497 e. The second-order valence-corrected chi connectivity index (χ2v) is 5.23. The number of ether oxygens (including phenoxy) is 1. The molecule has 0 aliphatic heterocycles. The predicted octanol–water partition coefficient (Wildman–Crippen LogP) is 3.23. The quantitative estimate of drug-likeness (QED) is 0.667. The lowest BCUT2D eigenvalue weighted by molar-refractivity contribution is -0.141. The van der Waals surface area contributed by atoms with Crippen LogP contribution in [0.1, 0.15) is 5.69 Å². The van der Waals surface area contributed by atoms with Gasteiger partial charge in [0.15, 0.2) is 5.16 Å². The van der Waals surface area contributed by atoms with E-state index < -0.39 is 11.9 Å². The fourth-order valence-corrected chi connectivity index (χ4v) is 2.23. The van der Waals surface area contributed by atoms with Crippen LogP contribution in [0, 0.1) is 0 Å². The molecule has 0 saturated heterocycles. The van der Waals surface area contributed by atoms with Crippen LogP contribution in [-0.2, 0) is 11.0 Å². The standard InChI is InChI=1S/C14H12F3N3O2S/c1-22-10-4-2-3-9(7-10)19-12(21)8-23-13-18-6-5-11(20-13)14(15,16)17/h2-7H,8H2,1H3,(H,19,21). The number of nitrogens with one attached hydrogen (secondary N) is 1. The first kappa shape index (κ1) is 17.1. The average Bonchev–Trinajstić information content (AvgIpc) is 2.52. The van der Waals surface area contributed by atoms with Crippen LogP contribution in [0.15, 0.2) is 41.7 Å². The van der Waals surface area contributed by atoms with E-state index in [4.69, 9.17) is 4.74 Å². The van der Waals surface area contributed by atoms with Crippen LogP contribution in [0.2, 0.25) is 0 Å². The van der Waals surface area contributed by atoms with Gasteiger partial charge in [0.2, 0.25) is 5.91 Å². The number of alkyl halides is 3. The number of anilines is 1. The maximum atomic E-state index is 12.5. The van der Waals surface area contributed by atoms with Crippen LogP contribution >= 0.6 is 11.8 Å². The summed E-state index contributed by atoms with van der Waals surface area (Å²) < 4.78 is 42.6. The highest BCUT2D eigenvalue weighted by molar-refractivity contribution is 7.99. The van der Waals surface area contributed by atoms with E-state index in [9.17, 15) is 18.0 Å². The Morgan fingerprint density at radius 2 is 2.13 bits per heavy atom. The van der Waals surface area contributed by atoms with Crippen LogP contribution in [-0.4, -0.2) is 28.7 Å². The lowest BCUT2D eigenvalue weighted by atomic mass is 10.3. The van der Waals surface area contributed by atoms with Crippen molar-refractivity contribution in [2.45, 2.75) is 11.3 Å². The number of carbonyl (C=O) groups excluding carboxylic acids is 1. The van der Waals surface area contributed by atoms with Crippen molar-refractivity contribution in [1.82, 2.24) is 9.97 Å². The number of methoxy groups -OCH3 is 1. The van der Waals surface area contributed by atoms with Crippen molar-refractivity contribution in [3.8, 4) is 5.75 Å². The third kappa shape index (κ3) is 5.13. The molecule has 0 bridgehead atoms. The van der Waals surface area contributed by atoms with Crippen LogP contribution in [0.4, 0.5) is 18.9 Å². The lowest BCUT2D eigenvalue weighted by Gasteiger charge is -2.08. The summed E-state index contributed by atoms with van der Waals surface area (Å²) in [7, 11) is 1.50. The zero-order valence-corrected chi connectivity index (χ0v) is 12.7. The summed E-state index contributed by atoms with van der Waals surface area (Å²) >= 11 is 0.822. The molecule has 2 aromatic rings. The molecule has 1 aromatic heterocycles. The maximum absolute atomic E-state index is 12.5. The first-order chi connectivity index (χ1) is 10.9. The van der Waals surface area contributed by atoms with Crippen LogP contribution in [0.3, 0.4) is 0 Å². The summed E-state index contributed by atoms with van der Waals surface area (Å²) in [6.07, 6.45) is -3.53. The van der Waals surface area contributed by atoms with E-state index in [1.807, 2.05) is 0 Å². The average molecular weight is 343 g/mol. The molecule has 5 nitrogen and oxygen atoms in total. The smallest absolute Gasteiger partial charge is 0.433 e. The van der Waals surface area contributed by atoms with Gasteiger partial charge in [0.25, 0.3) is 0 Å². The Morgan fingerprint density at radius 1 is 1.35 bits per heavy atom. The highest BCUT2D eigenvalue weighted by Crippen LogP contribution is 2.28. The SMILES string of the molecule is COc1cccc(NC(=O)CSc2nccc(C(F)(F)F)n2)c1. The molecule has 122 valence electrons. The number of thioether (sulfide) groups is 1. The molecule has 0 aliphatic carbocycles. The van der Waals surface area contributed by atoms with Crippen molar-refractivity contribution < 1.29 is 22.7 Å². The molecule has 0 atom stereocenters. The Kier molecular flexibility index (Phi) is 5.43. The van der Waals surface area contributed by atoms with Crippen molar-refractivity contribution in [3.63, 3.8) is 0 Å². The van der Waals surface area contributed by atoms with Crippen LogP contribution in [0.5, 0.6) is 5.75 Å². The third-order valence-electron chi connectivity index (χ3n) is 2.61. The molecular formula is C14H12F3N3O2S. The van der Waals surface area contributed by atoms with Gasteiger partial charge in [-0.3, -0.25) is 4.79 Å². The molecule has 1 aromatic carbocycles. The first-order valence-corrected chi connectivity index (χ1v) is 7.34. The Bertz CT molecular complexity index is 695. The van der Waals surface area contributed by atoms with Crippen molar-refractivity contribution in [2.75, 3.05) is 18.2 Å². The topological polar surface area (TPSA) is 64.1 Å². The number of halogens is 3. The van der Waals surface area contributed by atoms with E-state index in [0.717, 1.165) is 24.0 Å². The lowest BCUT2D eigenvalue weighted by Crippen LogP contribution is -2.15. The van der Waals surface area contributed by atoms with Crippen LogP contribution < -0.4 is 10.1 Å². The van der Waals surface area contributed by atoms with E-state index >= 15 is 0 Å². The fraction of sp³-hybridized carbons (Fsp3) is 0.214. The Hall–Kier alpha value is -2.29. The van der Waals surface area contributed by atoms with Crippen LogP contribution in [0.25, 0.3) is 0 Å². The highest BCUT2D eigenvalue weighted by atomic mass is 32.2. The molecule has 0 unspecified atom stereocenters. The number of nitrogens with zero attached hydrogens (tertiary/aromatic N) is 2. The summed E-state index contributed by atoms with van der Waals surface area (Å²) in [6.45, 7) is 0. The molecule has 0 aliphatic rings. The van der Waals surface area contributed by atoms with Gasteiger partial charge < -0.3 is 10.1 Å². The minimum atomic E-state index is -4.54. The molecule has 1 N–H and O–H groups in total. The molecule has 1 heterocycles. The third-order valence-corrected chi connectivity index (χ3v) is 3.47. The van der Waals surface area contributed by atoms with Crippen molar-refractivity contribution in [3.05, 3.63) is 42.2 Å². The second-order valence-electron chi connectivity index (χ2n) is 4.29. The Morgan fingerprint density at radius 3 is 2.83 bits per heavy atom. The first-order valence-electron chi connectivity index (χ1n) is 6.35. The summed E-state index contributed by atoms with van der Waals surface area (Å²) in [5, 5.41) is 2.50. The van der Waals surface area contributed by atoms with E-state index in [2.05, 4.69) is 15.3 Å². The number of hydrogen-bond acceptors (Lipinski definition) is 5. The normalized spacial score (nSPS) is 11.1. The number of amides is 1. The van der Waals surface area contributed by atoms with Gasteiger partial charge in [-0.15, -0.1) is 0 Å². The van der Waals surface area contributed by atoms with Gasteiger partial charge >= 0.3 is 6.18 Å². The summed E-state index contributed by atoms with van der Waals surface area (Å²) in [6, 6.07) is 7.51. The van der Waals surface area contributed by atoms with Gasteiger partial charge in [0.1, 0.15) is 11.4 Å². The summed E-state index contributed by atoms with van der Waals surface area (Å²) in [5.41, 5.74) is -0.511. The molecule has 0 saturated carbocycles. The molecule has 1 amide bonds. The zero-order valence-electron chi connectivity index (χ0n) is 11.9. The van der Waals surface area contributed by atoms with E-state index in [1.165, 1.54) is 7.11 Å². The van der Waals surface area contributed by atoms with Gasteiger partial charge in [-0.1, -0.05) is 17.8 Å². The predicted molar refractivity (Wildman–Crippen MR) is 79.4 cm³/mol. The molecular weight excluding hydrogens is 331 g/mol. The maximum Gasteiger partial charge on any atom is 0.433 e. The monoisotopic (exact) mass is 343 g/mol. The zero-order chi connectivity index (χ0) is 16.9. The Labute approximate surface area is 134 Å². The van der Waals surface area contributed by atoms with Gasteiger partial charge in [-0.2, -0.15) is 13.2 Å². The molecule has 9 heteroatoms. The van der Waals surface area contributed by atoms with Gasteiger partial charge in [-0.05, 0) is 18.2 Å².